The first-order chi connectivity index (χ1) is 9.08. The average Bonchev–Trinajstić information content (AvgIpc) is 2.39. The van der Waals surface area contributed by atoms with Gasteiger partial charge in [0.05, 0.1) is 0 Å². The molecule has 1 heterocycles. The van der Waals surface area contributed by atoms with E-state index in [1.807, 2.05) is 12.1 Å². The van der Waals surface area contributed by atoms with E-state index in [0.29, 0.717) is 17.7 Å². The molecule has 4 N–H and O–H groups in total. The molecule has 0 saturated heterocycles. The molecule has 0 saturated carbocycles. The number of hydrogen-bond donors (Lipinski definition) is 2. The van der Waals surface area contributed by atoms with Crippen LogP contribution in [0.3, 0.4) is 0 Å². The summed E-state index contributed by atoms with van der Waals surface area (Å²) in [6.07, 6.45) is 3.43. The fraction of sp³-hybridized carbons (Fsp3) is 0.0714. The molecule has 0 aliphatic carbocycles. The summed E-state index contributed by atoms with van der Waals surface area (Å²) < 4.78 is 1.78. The van der Waals surface area contributed by atoms with Gasteiger partial charge in [0.1, 0.15) is 5.56 Å². The van der Waals surface area contributed by atoms with Crippen LogP contribution in [0.25, 0.3) is 0 Å². The molecular weight excluding hydrogens is 261 g/mol. The van der Waals surface area contributed by atoms with Crippen molar-refractivity contribution in [3.8, 4) is 0 Å². The molecule has 2 rings (SSSR count). The molecular formula is C14H14FN3O2. The Balaban J connectivity index is 0.00000200. The average molecular weight is 275 g/mol. The van der Waals surface area contributed by atoms with Crippen molar-refractivity contribution in [2.24, 2.45) is 11.5 Å². The Morgan fingerprint density at radius 2 is 1.70 bits per heavy atom. The van der Waals surface area contributed by atoms with E-state index in [9.17, 15) is 9.59 Å². The Kier molecular flexibility index (Phi) is 4.91. The third-order valence-electron chi connectivity index (χ3n) is 2.78. The van der Waals surface area contributed by atoms with Crippen molar-refractivity contribution in [1.29, 1.82) is 0 Å². The number of carbonyl (C=O) groups is 2. The molecule has 2 amide bonds. The van der Waals surface area contributed by atoms with Crippen LogP contribution < -0.4 is 20.7 Å². The Hall–Kier alpha value is -2.76. The summed E-state index contributed by atoms with van der Waals surface area (Å²) in [7, 11) is 0. The molecule has 0 spiro atoms. The van der Waals surface area contributed by atoms with Gasteiger partial charge in [-0.15, -0.1) is 0 Å². The molecule has 6 heteroatoms. The lowest BCUT2D eigenvalue weighted by molar-refractivity contribution is -0.688. The van der Waals surface area contributed by atoms with Crippen LogP contribution >= 0.6 is 0 Å². The second-order valence-corrected chi connectivity index (χ2v) is 4.15. The Morgan fingerprint density at radius 3 is 2.35 bits per heavy atom. The van der Waals surface area contributed by atoms with Crippen LogP contribution in [0.5, 0.6) is 0 Å². The van der Waals surface area contributed by atoms with Gasteiger partial charge in [0.15, 0.2) is 18.9 Å². The molecule has 0 radical (unpaired) electrons. The van der Waals surface area contributed by atoms with E-state index < -0.39 is 11.8 Å². The van der Waals surface area contributed by atoms with Crippen molar-refractivity contribution in [3.05, 3.63) is 65.5 Å². The van der Waals surface area contributed by atoms with Gasteiger partial charge in [0, 0.05) is 17.2 Å². The van der Waals surface area contributed by atoms with Gasteiger partial charge in [-0.25, -0.2) is 0 Å². The zero-order chi connectivity index (χ0) is 13.8. The van der Waals surface area contributed by atoms with Crippen LogP contribution in [-0.4, -0.2) is 11.8 Å². The van der Waals surface area contributed by atoms with Crippen molar-refractivity contribution < 1.29 is 18.9 Å². The minimum atomic E-state index is -0.488. The van der Waals surface area contributed by atoms with Gasteiger partial charge in [-0.05, 0) is 12.1 Å². The maximum atomic E-state index is 11.3. The number of hydrogen-bond acceptors (Lipinski definition) is 2. The lowest BCUT2D eigenvalue weighted by Gasteiger charge is -2.03. The monoisotopic (exact) mass is 275 g/mol. The van der Waals surface area contributed by atoms with E-state index in [1.54, 1.807) is 41.2 Å². The standard InChI is InChI=1S/C14H13N3O2.FH/c15-13(18)11-5-3-7-17(9-11)8-10-4-1-2-6-12(10)14(16)19;/h1-7,9H,8H2,(H3-,15,16,18,19);1H. The number of benzene rings is 1. The van der Waals surface area contributed by atoms with Gasteiger partial charge in [0.2, 0.25) is 5.91 Å². The van der Waals surface area contributed by atoms with Crippen molar-refractivity contribution in [1.82, 2.24) is 0 Å². The lowest BCUT2D eigenvalue weighted by Crippen LogP contribution is -3.00. The summed E-state index contributed by atoms with van der Waals surface area (Å²) >= 11 is 0. The molecule has 0 bridgehead atoms. The number of aromatic nitrogens is 1. The second-order valence-electron chi connectivity index (χ2n) is 4.15. The Bertz CT molecular complexity index is 644. The molecule has 20 heavy (non-hydrogen) atoms. The second kappa shape index (κ2) is 6.42. The minimum absolute atomic E-state index is 0. The number of nitrogens with zero attached hydrogens (tertiary/aromatic N) is 1. The smallest absolute Gasteiger partial charge is 0.254 e. The molecule has 0 fully saturated rings. The van der Waals surface area contributed by atoms with Gasteiger partial charge in [0.25, 0.3) is 5.91 Å². The Morgan fingerprint density at radius 1 is 1.00 bits per heavy atom. The number of primary amides is 2. The normalized spacial score (nSPS) is 9.60. The van der Waals surface area contributed by atoms with Gasteiger partial charge >= 0.3 is 0 Å². The topological polar surface area (TPSA) is 90.1 Å². The first kappa shape index (κ1) is 15.3. The number of rotatable bonds is 4. The van der Waals surface area contributed by atoms with Crippen LogP contribution in [0.4, 0.5) is 0 Å². The van der Waals surface area contributed by atoms with Crippen molar-refractivity contribution in [3.63, 3.8) is 0 Å². The maximum Gasteiger partial charge on any atom is 0.254 e. The van der Waals surface area contributed by atoms with Gasteiger partial charge < -0.3 is 16.2 Å². The predicted octanol–water partition coefficient (Wildman–Crippen LogP) is -2.78. The van der Waals surface area contributed by atoms with Crippen LogP contribution in [0, 0.1) is 0 Å². The summed E-state index contributed by atoms with van der Waals surface area (Å²) in [5, 5.41) is 0. The van der Waals surface area contributed by atoms with Crippen molar-refractivity contribution >= 4 is 11.8 Å². The summed E-state index contributed by atoms with van der Waals surface area (Å²) in [6.45, 7) is 0.445. The van der Waals surface area contributed by atoms with E-state index in [2.05, 4.69) is 0 Å². The fourth-order valence-electron chi connectivity index (χ4n) is 1.86. The van der Waals surface area contributed by atoms with E-state index in [0.717, 1.165) is 5.56 Å². The maximum absolute atomic E-state index is 11.3. The summed E-state index contributed by atoms with van der Waals surface area (Å²) in [6, 6.07) is 10.5. The molecule has 5 nitrogen and oxygen atoms in total. The molecule has 0 aliphatic rings. The van der Waals surface area contributed by atoms with Gasteiger partial charge in [-0.2, -0.15) is 4.57 Å². The predicted molar refractivity (Wildman–Crippen MR) is 69.2 cm³/mol. The van der Waals surface area contributed by atoms with E-state index >= 15 is 0 Å². The Labute approximate surface area is 115 Å². The largest absolute Gasteiger partial charge is 1.00 e. The van der Waals surface area contributed by atoms with Crippen LogP contribution in [0.15, 0.2) is 48.8 Å². The molecule has 0 aliphatic heterocycles. The number of halogens is 1. The third kappa shape index (κ3) is 3.38. The van der Waals surface area contributed by atoms with E-state index in [1.165, 1.54) is 0 Å². The summed E-state index contributed by atoms with van der Waals surface area (Å²) in [4.78, 5) is 22.4. The first-order valence-electron chi connectivity index (χ1n) is 5.74. The van der Waals surface area contributed by atoms with Gasteiger partial charge in [-0.3, -0.25) is 9.59 Å². The zero-order valence-electron chi connectivity index (χ0n) is 10.6. The van der Waals surface area contributed by atoms with Gasteiger partial charge in [-0.1, -0.05) is 18.2 Å². The zero-order valence-corrected chi connectivity index (χ0v) is 10.6. The molecule has 104 valence electrons. The van der Waals surface area contributed by atoms with E-state index in [4.69, 9.17) is 11.5 Å². The highest BCUT2D eigenvalue weighted by molar-refractivity contribution is 5.94. The first-order valence-corrected chi connectivity index (χ1v) is 5.74. The molecule has 1 aromatic carbocycles. The molecule has 1 aromatic heterocycles. The number of carbonyl (C=O) groups excluding carboxylic acids is 2. The highest BCUT2D eigenvalue weighted by Crippen LogP contribution is 2.07. The fourth-order valence-corrected chi connectivity index (χ4v) is 1.86. The van der Waals surface area contributed by atoms with Crippen molar-refractivity contribution in [2.45, 2.75) is 6.54 Å². The highest BCUT2D eigenvalue weighted by atomic mass is 19.0. The van der Waals surface area contributed by atoms with E-state index in [-0.39, 0.29) is 4.70 Å². The molecule has 0 unspecified atom stereocenters. The van der Waals surface area contributed by atoms with Crippen LogP contribution in [-0.2, 0) is 6.54 Å². The minimum Gasteiger partial charge on any atom is -1.00 e. The number of amides is 2. The molecule has 2 aromatic rings. The SMILES string of the molecule is NC(=O)c1ccc[n+](Cc2ccccc2C(N)=O)c1.[F-]. The third-order valence-corrected chi connectivity index (χ3v) is 2.78. The summed E-state index contributed by atoms with van der Waals surface area (Å²) in [5.41, 5.74) is 12.2. The highest BCUT2D eigenvalue weighted by Gasteiger charge is 2.12. The molecule has 0 atom stereocenters. The quantitative estimate of drug-likeness (QED) is 0.591. The number of pyridine rings is 1. The number of nitrogens with two attached hydrogens (primary N) is 2. The lowest BCUT2D eigenvalue weighted by atomic mass is 10.1. The van der Waals surface area contributed by atoms with Crippen LogP contribution in [0.2, 0.25) is 0 Å². The van der Waals surface area contributed by atoms with Crippen molar-refractivity contribution in [2.75, 3.05) is 0 Å². The van der Waals surface area contributed by atoms with Crippen LogP contribution in [0.1, 0.15) is 26.3 Å². The summed E-state index contributed by atoms with van der Waals surface area (Å²) in [5.74, 6) is -0.959.